The van der Waals surface area contributed by atoms with Crippen molar-refractivity contribution < 1.29 is 14.8 Å². The molecule has 5 heteroatoms. The van der Waals surface area contributed by atoms with Gasteiger partial charge in [0.25, 0.3) is 5.91 Å². The topological polar surface area (TPSA) is 57.0 Å². The van der Waals surface area contributed by atoms with Crippen molar-refractivity contribution >= 4 is 11.6 Å². The zero-order valence-corrected chi connectivity index (χ0v) is 20.2. The highest BCUT2D eigenvalue weighted by atomic mass is 16.3. The predicted octanol–water partition coefficient (Wildman–Crippen LogP) is 3.10. The molecule has 2 fully saturated rings. The Morgan fingerprint density at radius 2 is 1.79 bits per heavy atom. The molecule has 0 bridgehead atoms. The summed E-state index contributed by atoms with van der Waals surface area (Å²) >= 11 is 0. The van der Waals surface area contributed by atoms with Gasteiger partial charge in [-0.15, -0.1) is 0 Å². The first-order valence-corrected chi connectivity index (χ1v) is 12.8. The first kappa shape index (κ1) is 23.8. The summed E-state index contributed by atoms with van der Waals surface area (Å²) < 4.78 is 0. The van der Waals surface area contributed by atoms with Crippen LogP contribution < -0.4 is 15.1 Å². The standard InChI is InChI=1S/C28H39N3O2/c1-3-30(4-2)24-15-13-23(14-16-24)27-25-12-8-9-17-28(25,33)18-19-31(27)21-26(32)29-20-22-10-6-5-7-11-22/h5-7,10-11,13-16,25,27,33H,3-4,8-9,12,17-21H2,1-2H3,(H,29,32)/p+1/t25-,27+,28-/m1/s1. The number of nitrogens with one attached hydrogen (secondary N) is 2. The number of aliphatic hydroxyl groups is 1. The summed E-state index contributed by atoms with van der Waals surface area (Å²) in [4.78, 5) is 16.6. The van der Waals surface area contributed by atoms with E-state index in [0.717, 1.165) is 57.3 Å². The van der Waals surface area contributed by atoms with Crippen molar-refractivity contribution in [3.8, 4) is 0 Å². The molecule has 4 rings (SSSR count). The smallest absolute Gasteiger partial charge is 0.275 e. The van der Waals surface area contributed by atoms with Crippen molar-refractivity contribution in [1.82, 2.24) is 5.32 Å². The second-order valence-corrected chi connectivity index (χ2v) is 9.79. The van der Waals surface area contributed by atoms with E-state index in [-0.39, 0.29) is 17.9 Å². The van der Waals surface area contributed by atoms with Crippen molar-refractivity contribution in [1.29, 1.82) is 0 Å². The number of likely N-dealkylation sites (tertiary alicyclic amines) is 1. The molecule has 1 aliphatic heterocycles. The molecule has 1 heterocycles. The van der Waals surface area contributed by atoms with Crippen molar-refractivity contribution in [2.24, 2.45) is 5.92 Å². The Kier molecular flexibility index (Phi) is 7.71. The minimum absolute atomic E-state index is 0.0832. The lowest BCUT2D eigenvalue weighted by Crippen LogP contribution is -3.16. The van der Waals surface area contributed by atoms with Crippen LogP contribution in [0.15, 0.2) is 54.6 Å². The Bertz CT molecular complexity index is 897. The van der Waals surface area contributed by atoms with Gasteiger partial charge in [0.1, 0.15) is 6.04 Å². The number of piperidine rings is 1. The van der Waals surface area contributed by atoms with Gasteiger partial charge in [-0.05, 0) is 44.4 Å². The van der Waals surface area contributed by atoms with Crippen LogP contribution in [-0.4, -0.2) is 42.8 Å². The van der Waals surface area contributed by atoms with E-state index in [9.17, 15) is 9.90 Å². The van der Waals surface area contributed by atoms with Gasteiger partial charge in [0.2, 0.25) is 0 Å². The van der Waals surface area contributed by atoms with Crippen molar-refractivity contribution in [3.63, 3.8) is 0 Å². The van der Waals surface area contributed by atoms with E-state index in [4.69, 9.17) is 0 Å². The Hall–Kier alpha value is -2.37. The Morgan fingerprint density at radius 3 is 2.48 bits per heavy atom. The Morgan fingerprint density at radius 1 is 1.06 bits per heavy atom. The number of hydrogen-bond acceptors (Lipinski definition) is 3. The largest absolute Gasteiger partial charge is 0.389 e. The highest BCUT2D eigenvalue weighted by molar-refractivity contribution is 5.76. The zero-order chi connectivity index (χ0) is 23.3. The van der Waals surface area contributed by atoms with E-state index in [1.807, 2.05) is 30.3 Å². The van der Waals surface area contributed by atoms with Crippen LogP contribution in [0.3, 0.4) is 0 Å². The fourth-order valence-electron chi connectivity index (χ4n) is 6.07. The number of amides is 1. The molecule has 4 atom stereocenters. The highest BCUT2D eigenvalue weighted by Crippen LogP contribution is 2.44. The number of benzene rings is 2. The van der Waals surface area contributed by atoms with E-state index in [2.05, 4.69) is 48.3 Å². The maximum Gasteiger partial charge on any atom is 0.275 e. The molecule has 1 amide bonds. The number of quaternary nitrogens is 1. The van der Waals surface area contributed by atoms with E-state index in [0.29, 0.717) is 13.1 Å². The normalized spacial score (nSPS) is 26.9. The Labute approximate surface area is 198 Å². The van der Waals surface area contributed by atoms with Crippen LogP contribution in [0.25, 0.3) is 0 Å². The summed E-state index contributed by atoms with van der Waals surface area (Å²) in [5.74, 6) is 0.288. The molecule has 2 aromatic carbocycles. The number of nitrogens with zero attached hydrogens (tertiary/aromatic N) is 1. The molecule has 1 unspecified atom stereocenters. The molecule has 0 radical (unpaired) electrons. The maximum atomic E-state index is 12.9. The third kappa shape index (κ3) is 5.42. The zero-order valence-electron chi connectivity index (χ0n) is 20.2. The van der Waals surface area contributed by atoms with Crippen LogP contribution in [0.2, 0.25) is 0 Å². The van der Waals surface area contributed by atoms with Gasteiger partial charge in [-0.1, -0.05) is 55.3 Å². The lowest BCUT2D eigenvalue weighted by molar-refractivity contribution is -0.937. The van der Waals surface area contributed by atoms with Crippen LogP contribution in [-0.2, 0) is 11.3 Å². The van der Waals surface area contributed by atoms with E-state index < -0.39 is 5.60 Å². The molecule has 1 aliphatic carbocycles. The Balaban J connectivity index is 1.53. The third-order valence-corrected chi connectivity index (χ3v) is 7.89. The summed E-state index contributed by atoms with van der Waals surface area (Å²) in [6.45, 7) is 8.17. The van der Waals surface area contributed by atoms with Crippen LogP contribution in [0, 0.1) is 5.92 Å². The van der Waals surface area contributed by atoms with Gasteiger partial charge in [0.05, 0.1) is 12.1 Å². The van der Waals surface area contributed by atoms with Gasteiger partial charge in [0, 0.05) is 43.2 Å². The van der Waals surface area contributed by atoms with Gasteiger partial charge in [0.15, 0.2) is 6.54 Å². The lowest BCUT2D eigenvalue weighted by atomic mass is 9.66. The first-order valence-electron chi connectivity index (χ1n) is 12.8. The first-order chi connectivity index (χ1) is 16.0. The summed E-state index contributed by atoms with van der Waals surface area (Å²) in [5.41, 5.74) is 3.01. The van der Waals surface area contributed by atoms with Crippen LogP contribution in [0.1, 0.15) is 63.1 Å². The van der Waals surface area contributed by atoms with Crippen molar-refractivity contribution in [2.45, 2.75) is 64.1 Å². The van der Waals surface area contributed by atoms with Gasteiger partial charge >= 0.3 is 0 Å². The molecule has 33 heavy (non-hydrogen) atoms. The molecule has 0 aromatic heterocycles. The quantitative estimate of drug-likeness (QED) is 0.579. The molecule has 2 aromatic rings. The van der Waals surface area contributed by atoms with Gasteiger partial charge in [-0.2, -0.15) is 0 Å². The molecule has 178 valence electrons. The average molecular weight is 451 g/mol. The van der Waals surface area contributed by atoms with E-state index in [1.165, 1.54) is 16.2 Å². The van der Waals surface area contributed by atoms with Gasteiger partial charge in [-0.25, -0.2) is 0 Å². The van der Waals surface area contributed by atoms with E-state index in [1.54, 1.807) is 0 Å². The second kappa shape index (κ2) is 10.7. The van der Waals surface area contributed by atoms with Crippen molar-refractivity contribution in [2.75, 3.05) is 31.1 Å². The van der Waals surface area contributed by atoms with E-state index >= 15 is 0 Å². The van der Waals surface area contributed by atoms with Crippen LogP contribution in [0.5, 0.6) is 0 Å². The molecular weight excluding hydrogens is 410 g/mol. The number of rotatable bonds is 8. The number of hydrogen-bond donors (Lipinski definition) is 3. The summed E-state index contributed by atoms with van der Waals surface area (Å²) in [6, 6.07) is 19.1. The monoisotopic (exact) mass is 450 g/mol. The molecule has 1 saturated heterocycles. The fourth-order valence-corrected chi connectivity index (χ4v) is 6.07. The average Bonchev–Trinajstić information content (AvgIpc) is 2.85. The van der Waals surface area contributed by atoms with Crippen LogP contribution >= 0.6 is 0 Å². The number of fused-ring (bicyclic) bond motifs is 1. The van der Waals surface area contributed by atoms with Crippen molar-refractivity contribution in [3.05, 3.63) is 65.7 Å². The SMILES string of the molecule is CCN(CC)c1ccc([C@H]2[C@H]3CCCC[C@@]3(O)CC[NH+]2CC(=O)NCc2ccccc2)cc1. The third-order valence-electron chi connectivity index (χ3n) is 7.89. The van der Waals surface area contributed by atoms with Gasteiger partial charge in [-0.3, -0.25) is 4.79 Å². The summed E-state index contributed by atoms with van der Waals surface area (Å²) in [7, 11) is 0. The highest BCUT2D eigenvalue weighted by Gasteiger charge is 2.51. The molecular formula is C28H40N3O2+. The molecule has 2 aliphatic rings. The number of anilines is 1. The maximum absolute atomic E-state index is 12.9. The second-order valence-electron chi connectivity index (χ2n) is 9.79. The lowest BCUT2D eigenvalue weighted by Gasteiger charge is -2.50. The summed E-state index contributed by atoms with van der Waals surface area (Å²) in [5, 5.41) is 14.6. The van der Waals surface area contributed by atoms with Gasteiger partial charge < -0.3 is 20.2 Å². The molecule has 3 N–H and O–H groups in total. The molecule has 1 saturated carbocycles. The van der Waals surface area contributed by atoms with Crippen LogP contribution in [0.4, 0.5) is 5.69 Å². The molecule has 5 nitrogen and oxygen atoms in total. The summed E-state index contributed by atoms with van der Waals surface area (Å²) in [6.07, 6.45) is 4.97. The minimum atomic E-state index is -0.593. The fraction of sp³-hybridized carbons (Fsp3) is 0.536. The predicted molar refractivity (Wildman–Crippen MR) is 133 cm³/mol. The molecule has 0 spiro atoms. The number of carbonyl (C=O) groups is 1. The minimum Gasteiger partial charge on any atom is -0.389 e. The number of carbonyl (C=O) groups excluding carboxylic acids is 1.